The van der Waals surface area contributed by atoms with Gasteiger partial charge < -0.3 is 0 Å². The molecule has 0 unspecified atom stereocenters. The third-order valence-electron chi connectivity index (χ3n) is 3.85. The van der Waals surface area contributed by atoms with E-state index in [9.17, 15) is 4.79 Å². The Bertz CT molecular complexity index is 385. The topological polar surface area (TPSA) is 23.6 Å². The fraction of sp³-hybridized carbons (Fsp3) is 0.533. The van der Waals surface area contributed by atoms with Gasteiger partial charge in [-0.25, -0.2) is 0 Å². The smallest absolute Gasteiger partial charge is 0.243 e. The van der Waals surface area contributed by atoms with E-state index < -0.39 is 0 Å². The molecule has 0 bridgehead atoms. The van der Waals surface area contributed by atoms with E-state index in [4.69, 9.17) is 0 Å². The molecule has 2 rings (SSSR count). The molecule has 0 radical (unpaired) electrons. The summed E-state index contributed by atoms with van der Waals surface area (Å²) in [4.78, 5) is 12.4. The van der Waals surface area contributed by atoms with Gasteiger partial charge >= 0.3 is 0 Å². The summed E-state index contributed by atoms with van der Waals surface area (Å²) in [7, 11) is 3.81. The van der Waals surface area contributed by atoms with Gasteiger partial charge in [-0.3, -0.25) is 14.8 Å². The van der Waals surface area contributed by atoms with Crippen LogP contribution in [0.5, 0.6) is 0 Å². The molecular formula is C15H22N2O. The highest BCUT2D eigenvalue weighted by Gasteiger charge is 2.25. The molecule has 1 aliphatic carbocycles. The molecule has 1 amide bonds. The molecule has 1 saturated carbocycles. The Labute approximate surface area is 109 Å². The Kier molecular flexibility index (Phi) is 4.24. The van der Waals surface area contributed by atoms with Crippen LogP contribution >= 0.6 is 0 Å². The summed E-state index contributed by atoms with van der Waals surface area (Å²) in [6.45, 7) is 0. The summed E-state index contributed by atoms with van der Waals surface area (Å²) >= 11 is 0. The molecule has 0 aliphatic heterocycles. The lowest BCUT2D eigenvalue weighted by Crippen LogP contribution is -2.44. The van der Waals surface area contributed by atoms with E-state index in [1.165, 1.54) is 19.3 Å². The van der Waals surface area contributed by atoms with Crippen molar-refractivity contribution in [2.45, 2.75) is 32.1 Å². The number of hydrazine groups is 1. The van der Waals surface area contributed by atoms with Crippen LogP contribution in [0.15, 0.2) is 30.3 Å². The molecule has 3 heteroatoms. The zero-order valence-corrected chi connectivity index (χ0v) is 11.3. The second-order valence-electron chi connectivity index (χ2n) is 5.06. The highest BCUT2D eigenvalue weighted by molar-refractivity contribution is 5.80. The van der Waals surface area contributed by atoms with Gasteiger partial charge in [-0.2, -0.15) is 0 Å². The first-order chi connectivity index (χ1) is 8.70. The molecule has 1 fully saturated rings. The van der Waals surface area contributed by atoms with Crippen LogP contribution in [0, 0.1) is 5.92 Å². The van der Waals surface area contributed by atoms with Crippen molar-refractivity contribution in [1.29, 1.82) is 0 Å². The van der Waals surface area contributed by atoms with Crippen LogP contribution in [0.3, 0.4) is 0 Å². The molecule has 3 nitrogen and oxygen atoms in total. The van der Waals surface area contributed by atoms with Crippen molar-refractivity contribution in [2.75, 3.05) is 19.1 Å². The van der Waals surface area contributed by atoms with Crippen molar-refractivity contribution >= 4 is 11.6 Å². The van der Waals surface area contributed by atoms with Gasteiger partial charge in [0.25, 0.3) is 0 Å². The van der Waals surface area contributed by atoms with E-state index in [2.05, 4.69) is 0 Å². The van der Waals surface area contributed by atoms with E-state index in [0.29, 0.717) is 0 Å². The minimum atomic E-state index is 0.218. The standard InChI is InChI=1S/C15H22N2O/c1-16(14-11-7-4-8-12-14)17(2)15(18)13-9-5-3-6-10-13/h4,7-8,11-13H,3,5-6,9-10H2,1-2H3. The SMILES string of the molecule is CN(C(=O)C1CCCCC1)N(C)c1ccccc1. The second kappa shape index (κ2) is 5.89. The fourth-order valence-electron chi connectivity index (χ4n) is 2.58. The average molecular weight is 246 g/mol. The largest absolute Gasteiger partial charge is 0.286 e. The Morgan fingerprint density at radius 2 is 1.67 bits per heavy atom. The van der Waals surface area contributed by atoms with Gasteiger partial charge in [0.05, 0.1) is 5.69 Å². The molecule has 0 heterocycles. The Morgan fingerprint density at radius 1 is 1.06 bits per heavy atom. The number of hydrogen-bond donors (Lipinski definition) is 0. The molecule has 98 valence electrons. The van der Waals surface area contributed by atoms with Crippen LogP contribution in [0.25, 0.3) is 0 Å². The molecule has 0 spiro atoms. The monoisotopic (exact) mass is 246 g/mol. The molecule has 0 aromatic heterocycles. The van der Waals surface area contributed by atoms with Crippen molar-refractivity contribution in [3.8, 4) is 0 Å². The summed E-state index contributed by atoms with van der Waals surface area (Å²) in [6, 6.07) is 10.0. The van der Waals surface area contributed by atoms with Gasteiger partial charge in [0, 0.05) is 20.0 Å². The summed E-state index contributed by atoms with van der Waals surface area (Å²) in [6.07, 6.45) is 5.76. The number of benzene rings is 1. The first-order valence-corrected chi connectivity index (χ1v) is 6.76. The minimum Gasteiger partial charge on any atom is -0.286 e. The van der Waals surface area contributed by atoms with Crippen LogP contribution in [0.4, 0.5) is 5.69 Å². The maximum Gasteiger partial charge on any atom is 0.243 e. The summed E-state index contributed by atoms with van der Waals surface area (Å²) in [5.41, 5.74) is 1.05. The van der Waals surface area contributed by atoms with Gasteiger partial charge in [0.1, 0.15) is 0 Å². The number of anilines is 1. The van der Waals surface area contributed by atoms with Crippen LogP contribution in [-0.4, -0.2) is 25.0 Å². The maximum absolute atomic E-state index is 12.4. The van der Waals surface area contributed by atoms with Crippen molar-refractivity contribution < 1.29 is 4.79 Å². The lowest BCUT2D eigenvalue weighted by atomic mass is 9.88. The predicted molar refractivity (Wildman–Crippen MR) is 74.2 cm³/mol. The van der Waals surface area contributed by atoms with Crippen LogP contribution in [-0.2, 0) is 4.79 Å². The third kappa shape index (κ3) is 2.84. The molecule has 0 atom stereocenters. The van der Waals surface area contributed by atoms with Gasteiger partial charge in [0.2, 0.25) is 5.91 Å². The Hall–Kier alpha value is -1.51. The molecule has 0 saturated heterocycles. The van der Waals surface area contributed by atoms with Crippen molar-refractivity contribution in [3.63, 3.8) is 0 Å². The number of para-hydroxylation sites is 1. The first-order valence-electron chi connectivity index (χ1n) is 6.76. The highest BCUT2D eigenvalue weighted by Crippen LogP contribution is 2.26. The number of amides is 1. The third-order valence-corrected chi connectivity index (χ3v) is 3.85. The lowest BCUT2D eigenvalue weighted by Gasteiger charge is -2.34. The van der Waals surface area contributed by atoms with E-state index in [-0.39, 0.29) is 11.8 Å². The lowest BCUT2D eigenvalue weighted by molar-refractivity contribution is -0.135. The number of rotatable bonds is 3. The molecule has 1 aromatic carbocycles. The first kappa shape index (κ1) is 12.9. The summed E-state index contributed by atoms with van der Waals surface area (Å²) in [5.74, 6) is 0.468. The summed E-state index contributed by atoms with van der Waals surface area (Å²) < 4.78 is 0. The Morgan fingerprint density at radius 3 is 2.28 bits per heavy atom. The van der Waals surface area contributed by atoms with Gasteiger partial charge in [-0.1, -0.05) is 37.5 Å². The number of carbonyl (C=O) groups excluding carboxylic acids is 1. The maximum atomic E-state index is 12.4. The zero-order valence-electron chi connectivity index (χ0n) is 11.3. The number of carbonyl (C=O) groups is 1. The van der Waals surface area contributed by atoms with E-state index >= 15 is 0 Å². The molecule has 18 heavy (non-hydrogen) atoms. The molecule has 1 aliphatic rings. The van der Waals surface area contributed by atoms with Crippen molar-refractivity contribution in [2.24, 2.45) is 5.92 Å². The molecular weight excluding hydrogens is 224 g/mol. The molecule has 0 N–H and O–H groups in total. The van der Waals surface area contributed by atoms with Crippen LogP contribution in [0.2, 0.25) is 0 Å². The quantitative estimate of drug-likeness (QED) is 0.765. The normalized spacial score (nSPS) is 16.3. The average Bonchev–Trinajstić information content (AvgIpc) is 2.47. The van der Waals surface area contributed by atoms with Gasteiger partial charge in [-0.05, 0) is 25.0 Å². The van der Waals surface area contributed by atoms with Gasteiger partial charge in [0.15, 0.2) is 0 Å². The van der Waals surface area contributed by atoms with E-state index in [0.717, 1.165) is 18.5 Å². The fourth-order valence-corrected chi connectivity index (χ4v) is 2.58. The summed E-state index contributed by atoms with van der Waals surface area (Å²) in [5, 5.41) is 3.68. The second-order valence-corrected chi connectivity index (χ2v) is 5.06. The van der Waals surface area contributed by atoms with E-state index in [1.54, 1.807) is 5.01 Å². The van der Waals surface area contributed by atoms with Crippen LogP contribution in [0.1, 0.15) is 32.1 Å². The van der Waals surface area contributed by atoms with Gasteiger partial charge in [-0.15, -0.1) is 0 Å². The number of hydrogen-bond acceptors (Lipinski definition) is 2. The predicted octanol–water partition coefficient (Wildman–Crippen LogP) is 3.08. The highest BCUT2D eigenvalue weighted by atomic mass is 16.2. The zero-order chi connectivity index (χ0) is 13.0. The van der Waals surface area contributed by atoms with Crippen molar-refractivity contribution in [3.05, 3.63) is 30.3 Å². The molecule has 1 aromatic rings. The van der Waals surface area contributed by atoms with Crippen molar-refractivity contribution in [1.82, 2.24) is 5.01 Å². The van der Waals surface area contributed by atoms with E-state index in [1.807, 2.05) is 49.4 Å². The van der Waals surface area contributed by atoms with Crippen LogP contribution < -0.4 is 5.01 Å². The Balaban J connectivity index is 2.01. The minimum absolute atomic E-state index is 0.218. The number of nitrogens with zero attached hydrogens (tertiary/aromatic N) is 2.